The van der Waals surface area contributed by atoms with Gasteiger partial charge in [-0.2, -0.15) is 5.10 Å². The van der Waals surface area contributed by atoms with Crippen molar-refractivity contribution in [3.05, 3.63) is 76.6 Å². The second-order valence-corrected chi connectivity index (χ2v) is 6.46. The van der Waals surface area contributed by atoms with Gasteiger partial charge in [-0.15, -0.1) is 0 Å². The van der Waals surface area contributed by atoms with E-state index in [2.05, 4.69) is 10.4 Å². The molecule has 0 bridgehead atoms. The first-order chi connectivity index (χ1) is 14.0. The summed E-state index contributed by atoms with van der Waals surface area (Å²) in [7, 11) is 1.58. The molecule has 0 atom stereocenters. The number of rotatable bonds is 8. The predicted octanol–water partition coefficient (Wildman–Crippen LogP) is 2.42. The number of aromatic nitrogens is 2. The molecule has 2 aromatic carbocycles. The Labute approximate surface area is 168 Å². The van der Waals surface area contributed by atoms with E-state index >= 15 is 0 Å². The molecule has 0 aliphatic rings. The van der Waals surface area contributed by atoms with E-state index in [1.165, 1.54) is 6.07 Å². The van der Waals surface area contributed by atoms with E-state index < -0.39 is 0 Å². The van der Waals surface area contributed by atoms with Crippen LogP contribution in [0.25, 0.3) is 11.3 Å². The maximum absolute atomic E-state index is 12.2. The van der Waals surface area contributed by atoms with Crippen LogP contribution in [0, 0.1) is 6.92 Å². The summed E-state index contributed by atoms with van der Waals surface area (Å²) in [6.45, 7) is 2.50. The number of carbonyl (C=O) groups excluding carboxylic acids is 1. The molecule has 0 spiro atoms. The van der Waals surface area contributed by atoms with Gasteiger partial charge in [0, 0.05) is 11.6 Å². The number of nitrogens with zero attached hydrogens (tertiary/aromatic N) is 2. The molecule has 0 saturated carbocycles. The topological polar surface area (TPSA) is 82.5 Å². The van der Waals surface area contributed by atoms with Crippen LogP contribution in [-0.4, -0.2) is 35.9 Å². The number of nitrogens with one attached hydrogen (secondary N) is 1. The maximum atomic E-state index is 12.2. The molecular formula is C22H23N3O4. The van der Waals surface area contributed by atoms with Crippen LogP contribution >= 0.6 is 0 Å². The zero-order valence-corrected chi connectivity index (χ0v) is 16.4. The van der Waals surface area contributed by atoms with Crippen molar-refractivity contribution >= 4 is 5.91 Å². The SMILES string of the molecule is COc1cccc(-c2ccc(=O)n(CC(=O)NCCOc3ccc(C)cc3)n2)c1. The molecule has 1 heterocycles. The normalized spacial score (nSPS) is 10.4. The van der Waals surface area contributed by atoms with E-state index in [1.807, 2.05) is 55.5 Å². The first-order valence-corrected chi connectivity index (χ1v) is 9.24. The van der Waals surface area contributed by atoms with E-state index in [1.54, 1.807) is 13.2 Å². The number of amides is 1. The summed E-state index contributed by atoms with van der Waals surface area (Å²) < 4.78 is 11.9. The van der Waals surface area contributed by atoms with Gasteiger partial charge in [-0.05, 0) is 37.3 Å². The van der Waals surface area contributed by atoms with Crippen LogP contribution in [0.5, 0.6) is 11.5 Å². The summed E-state index contributed by atoms with van der Waals surface area (Å²) in [5.41, 5.74) is 2.19. The van der Waals surface area contributed by atoms with Gasteiger partial charge >= 0.3 is 0 Å². The second-order valence-electron chi connectivity index (χ2n) is 6.46. The number of ether oxygens (including phenoxy) is 2. The van der Waals surface area contributed by atoms with E-state index in [0.29, 0.717) is 24.6 Å². The van der Waals surface area contributed by atoms with Gasteiger partial charge < -0.3 is 14.8 Å². The first-order valence-electron chi connectivity index (χ1n) is 9.24. The lowest BCUT2D eigenvalue weighted by Crippen LogP contribution is -2.35. The fraction of sp³-hybridized carbons (Fsp3) is 0.227. The predicted molar refractivity (Wildman–Crippen MR) is 110 cm³/mol. The number of hydrogen-bond acceptors (Lipinski definition) is 5. The highest BCUT2D eigenvalue weighted by Gasteiger charge is 2.08. The molecule has 1 aromatic heterocycles. The van der Waals surface area contributed by atoms with Crippen molar-refractivity contribution in [1.82, 2.24) is 15.1 Å². The van der Waals surface area contributed by atoms with Crippen LogP contribution in [-0.2, 0) is 11.3 Å². The Kier molecular flexibility index (Phi) is 6.63. The number of benzene rings is 2. The van der Waals surface area contributed by atoms with Crippen LogP contribution in [0.3, 0.4) is 0 Å². The molecule has 29 heavy (non-hydrogen) atoms. The molecule has 150 valence electrons. The van der Waals surface area contributed by atoms with Crippen molar-refractivity contribution in [2.24, 2.45) is 0 Å². The molecule has 1 N–H and O–H groups in total. The van der Waals surface area contributed by atoms with E-state index in [4.69, 9.17) is 9.47 Å². The minimum absolute atomic E-state index is 0.166. The maximum Gasteiger partial charge on any atom is 0.267 e. The summed E-state index contributed by atoms with van der Waals surface area (Å²) in [5.74, 6) is 1.12. The van der Waals surface area contributed by atoms with Crippen molar-refractivity contribution in [3.63, 3.8) is 0 Å². The number of aryl methyl sites for hydroxylation is 1. The molecule has 0 fully saturated rings. The van der Waals surface area contributed by atoms with Gasteiger partial charge in [0.2, 0.25) is 5.91 Å². The van der Waals surface area contributed by atoms with Crippen molar-refractivity contribution < 1.29 is 14.3 Å². The van der Waals surface area contributed by atoms with Gasteiger partial charge in [0.25, 0.3) is 5.56 Å². The third kappa shape index (κ3) is 5.68. The highest BCUT2D eigenvalue weighted by molar-refractivity contribution is 5.75. The Bertz CT molecular complexity index is 1030. The van der Waals surface area contributed by atoms with Crippen LogP contribution in [0.1, 0.15) is 5.56 Å². The molecule has 3 rings (SSSR count). The lowest BCUT2D eigenvalue weighted by Gasteiger charge is -2.10. The van der Waals surface area contributed by atoms with Crippen LogP contribution in [0.2, 0.25) is 0 Å². The van der Waals surface area contributed by atoms with Crippen molar-refractivity contribution in [2.75, 3.05) is 20.3 Å². The van der Waals surface area contributed by atoms with Gasteiger partial charge in [-0.3, -0.25) is 9.59 Å². The minimum atomic E-state index is -0.345. The monoisotopic (exact) mass is 393 g/mol. The molecule has 0 aliphatic heterocycles. The van der Waals surface area contributed by atoms with E-state index in [0.717, 1.165) is 21.6 Å². The molecule has 0 saturated heterocycles. The zero-order chi connectivity index (χ0) is 20.6. The van der Waals surface area contributed by atoms with Crippen molar-refractivity contribution in [2.45, 2.75) is 13.5 Å². The third-order valence-electron chi connectivity index (χ3n) is 4.24. The number of carbonyl (C=O) groups is 1. The van der Waals surface area contributed by atoms with Gasteiger partial charge in [0.05, 0.1) is 19.3 Å². The molecule has 7 nitrogen and oxygen atoms in total. The summed E-state index contributed by atoms with van der Waals surface area (Å²) in [4.78, 5) is 24.3. The summed E-state index contributed by atoms with van der Waals surface area (Å²) >= 11 is 0. The average Bonchev–Trinajstić information content (AvgIpc) is 2.74. The molecule has 0 radical (unpaired) electrons. The molecule has 1 amide bonds. The highest BCUT2D eigenvalue weighted by atomic mass is 16.5. The van der Waals surface area contributed by atoms with Crippen molar-refractivity contribution in [1.29, 1.82) is 0 Å². The summed E-state index contributed by atoms with van der Waals surface area (Å²) in [5, 5.41) is 7.03. The van der Waals surface area contributed by atoms with Gasteiger partial charge in [-0.1, -0.05) is 29.8 Å². The zero-order valence-electron chi connectivity index (χ0n) is 16.4. The van der Waals surface area contributed by atoms with Crippen LogP contribution in [0.4, 0.5) is 0 Å². The van der Waals surface area contributed by atoms with E-state index in [-0.39, 0.29) is 18.0 Å². The Morgan fingerprint density at radius 3 is 2.62 bits per heavy atom. The fourth-order valence-electron chi connectivity index (χ4n) is 2.68. The van der Waals surface area contributed by atoms with Crippen LogP contribution in [0.15, 0.2) is 65.5 Å². The Balaban J connectivity index is 1.56. The Morgan fingerprint density at radius 2 is 1.86 bits per heavy atom. The Hall–Kier alpha value is -3.61. The smallest absolute Gasteiger partial charge is 0.267 e. The summed E-state index contributed by atoms with van der Waals surface area (Å²) in [6, 6.07) is 18.0. The standard InChI is InChI=1S/C22H23N3O4/c1-16-6-8-18(9-7-16)29-13-12-23-21(26)15-25-22(27)11-10-20(24-25)17-4-3-5-19(14-17)28-2/h3-11,14H,12-13,15H2,1-2H3,(H,23,26). The minimum Gasteiger partial charge on any atom is -0.497 e. The van der Waals surface area contributed by atoms with Crippen molar-refractivity contribution in [3.8, 4) is 22.8 Å². The average molecular weight is 393 g/mol. The Morgan fingerprint density at radius 1 is 1.07 bits per heavy atom. The van der Waals surface area contributed by atoms with Gasteiger partial charge in [-0.25, -0.2) is 4.68 Å². The quantitative estimate of drug-likeness (QED) is 0.595. The molecule has 3 aromatic rings. The van der Waals surface area contributed by atoms with Gasteiger partial charge in [0.1, 0.15) is 24.7 Å². The second kappa shape index (κ2) is 9.54. The molecule has 0 aliphatic carbocycles. The van der Waals surface area contributed by atoms with E-state index in [9.17, 15) is 9.59 Å². The number of hydrogen-bond donors (Lipinski definition) is 1. The molecule has 7 heteroatoms. The number of methoxy groups -OCH3 is 1. The first kappa shape index (κ1) is 20.1. The molecular weight excluding hydrogens is 370 g/mol. The lowest BCUT2D eigenvalue weighted by molar-refractivity contribution is -0.122. The third-order valence-corrected chi connectivity index (χ3v) is 4.24. The highest BCUT2D eigenvalue weighted by Crippen LogP contribution is 2.21. The van der Waals surface area contributed by atoms with Gasteiger partial charge in [0.15, 0.2) is 0 Å². The van der Waals surface area contributed by atoms with Crippen LogP contribution < -0.4 is 20.3 Å². The molecule has 0 unspecified atom stereocenters. The summed E-state index contributed by atoms with van der Waals surface area (Å²) in [6.07, 6.45) is 0. The largest absolute Gasteiger partial charge is 0.497 e. The fourth-order valence-corrected chi connectivity index (χ4v) is 2.68. The lowest BCUT2D eigenvalue weighted by atomic mass is 10.1.